The van der Waals surface area contributed by atoms with E-state index in [9.17, 15) is 4.79 Å². The summed E-state index contributed by atoms with van der Waals surface area (Å²) in [6, 6.07) is 0.137. The number of rotatable bonds is 4. The molecule has 1 fully saturated rings. The summed E-state index contributed by atoms with van der Waals surface area (Å²) in [5.41, 5.74) is 2.85. The molecule has 2 aromatic rings. The van der Waals surface area contributed by atoms with E-state index in [2.05, 4.69) is 27.5 Å². The van der Waals surface area contributed by atoms with E-state index in [-0.39, 0.29) is 12.1 Å². The van der Waals surface area contributed by atoms with Gasteiger partial charge in [-0.1, -0.05) is 12.1 Å². The van der Waals surface area contributed by atoms with Crippen molar-refractivity contribution in [3.05, 3.63) is 17.1 Å². The first-order valence-electron chi connectivity index (χ1n) is 9.01. The van der Waals surface area contributed by atoms with Crippen LogP contribution in [0.4, 0.5) is 4.79 Å². The lowest BCUT2D eigenvalue weighted by atomic mass is 10.1. The van der Waals surface area contributed by atoms with Gasteiger partial charge in [0, 0.05) is 43.2 Å². The highest BCUT2D eigenvalue weighted by Crippen LogP contribution is 2.39. The van der Waals surface area contributed by atoms with E-state index >= 15 is 0 Å². The van der Waals surface area contributed by atoms with Crippen LogP contribution in [0, 0.1) is 0 Å². The molecule has 2 amide bonds. The molecule has 0 radical (unpaired) electrons. The van der Waals surface area contributed by atoms with Crippen LogP contribution in [0.3, 0.4) is 0 Å². The fraction of sp³-hybridized carbons (Fsp3) is 0.647. The molecule has 1 saturated carbocycles. The standard InChI is InChI=1S/C17H24N6O2/c1-4-10(2)18-17(24)23-8-7-13-12(9-23)14(20-22(13)3)16-19-15(21-25-16)11-5-6-11/h10-11H,4-9H2,1-3H3,(H,18,24)/t10-/m1/s1. The first kappa shape index (κ1) is 16.1. The smallest absolute Gasteiger partial charge is 0.317 e. The summed E-state index contributed by atoms with van der Waals surface area (Å²) < 4.78 is 7.32. The third-order valence-electron chi connectivity index (χ3n) is 5.10. The predicted octanol–water partition coefficient (Wildman–Crippen LogP) is 2.21. The van der Waals surface area contributed by atoms with Crippen LogP contribution < -0.4 is 5.32 Å². The molecule has 1 N–H and O–H groups in total. The van der Waals surface area contributed by atoms with Gasteiger partial charge in [-0.3, -0.25) is 4.68 Å². The molecule has 2 aliphatic rings. The van der Waals surface area contributed by atoms with Gasteiger partial charge >= 0.3 is 6.03 Å². The highest BCUT2D eigenvalue weighted by molar-refractivity contribution is 5.75. The van der Waals surface area contributed by atoms with Crippen LogP contribution >= 0.6 is 0 Å². The second kappa shape index (κ2) is 6.16. The Kier molecular flexibility index (Phi) is 3.97. The van der Waals surface area contributed by atoms with E-state index < -0.39 is 0 Å². The molecule has 1 aliphatic heterocycles. The van der Waals surface area contributed by atoms with Crippen LogP contribution in [0.25, 0.3) is 11.6 Å². The van der Waals surface area contributed by atoms with Gasteiger partial charge in [-0.15, -0.1) is 0 Å². The van der Waals surface area contributed by atoms with Crippen molar-refractivity contribution in [2.75, 3.05) is 6.54 Å². The summed E-state index contributed by atoms with van der Waals surface area (Å²) in [6.45, 7) is 5.28. The first-order chi connectivity index (χ1) is 12.1. The Morgan fingerprint density at radius 3 is 2.96 bits per heavy atom. The Bertz CT molecular complexity index is 791. The Morgan fingerprint density at radius 1 is 1.44 bits per heavy atom. The number of urea groups is 1. The van der Waals surface area contributed by atoms with Crippen LogP contribution in [-0.2, 0) is 20.0 Å². The van der Waals surface area contributed by atoms with E-state index in [0.29, 0.717) is 30.6 Å². The maximum Gasteiger partial charge on any atom is 0.317 e. The maximum atomic E-state index is 12.5. The molecule has 0 aromatic carbocycles. The summed E-state index contributed by atoms with van der Waals surface area (Å²) >= 11 is 0. The van der Waals surface area contributed by atoms with Gasteiger partial charge in [0.1, 0.15) is 0 Å². The van der Waals surface area contributed by atoms with Crippen molar-refractivity contribution < 1.29 is 9.32 Å². The molecular weight excluding hydrogens is 320 g/mol. The number of hydrogen-bond donors (Lipinski definition) is 1. The van der Waals surface area contributed by atoms with Crippen molar-refractivity contribution in [1.82, 2.24) is 30.1 Å². The van der Waals surface area contributed by atoms with Crippen molar-refractivity contribution in [3.8, 4) is 11.6 Å². The number of aryl methyl sites for hydroxylation is 1. The summed E-state index contributed by atoms with van der Waals surface area (Å²) in [7, 11) is 1.93. The fourth-order valence-electron chi connectivity index (χ4n) is 3.18. The minimum atomic E-state index is -0.0287. The summed E-state index contributed by atoms with van der Waals surface area (Å²) in [6.07, 6.45) is 3.94. The number of amides is 2. The van der Waals surface area contributed by atoms with Crippen molar-refractivity contribution in [2.24, 2.45) is 7.05 Å². The number of carbonyl (C=O) groups is 1. The lowest BCUT2D eigenvalue weighted by molar-refractivity contribution is 0.188. The van der Waals surface area contributed by atoms with Crippen molar-refractivity contribution >= 4 is 6.03 Å². The molecule has 134 valence electrons. The van der Waals surface area contributed by atoms with Crippen molar-refractivity contribution in [1.29, 1.82) is 0 Å². The molecule has 1 aliphatic carbocycles. The maximum absolute atomic E-state index is 12.5. The zero-order valence-corrected chi connectivity index (χ0v) is 14.9. The number of hydrogen-bond acceptors (Lipinski definition) is 5. The zero-order valence-electron chi connectivity index (χ0n) is 14.9. The van der Waals surface area contributed by atoms with Crippen molar-refractivity contribution in [3.63, 3.8) is 0 Å². The summed E-state index contributed by atoms with van der Waals surface area (Å²) in [4.78, 5) is 18.8. The number of nitrogens with zero attached hydrogens (tertiary/aromatic N) is 5. The topological polar surface area (TPSA) is 89.1 Å². The molecule has 25 heavy (non-hydrogen) atoms. The Hall–Kier alpha value is -2.38. The second-order valence-electron chi connectivity index (χ2n) is 7.06. The Labute approximate surface area is 146 Å². The van der Waals surface area contributed by atoms with Crippen LogP contribution in [-0.4, -0.2) is 43.4 Å². The van der Waals surface area contributed by atoms with Gasteiger partial charge in [0.05, 0.1) is 6.54 Å². The predicted molar refractivity (Wildman–Crippen MR) is 90.9 cm³/mol. The van der Waals surface area contributed by atoms with Crippen LogP contribution in [0.5, 0.6) is 0 Å². The third kappa shape index (κ3) is 3.01. The fourth-order valence-corrected chi connectivity index (χ4v) is 3.18. The lowest BCUT2D eigenvalue weighted by Crippen LogP contribution is -2.45. The van der Waals surface area contributed by atoms with Gasteiger partial charge in [-0.05, 0) is 26.2 Å². The van der Waals surface area contributed by atoms with E-state index in [1.165, 1.54) is 0 Å². The quantitative estimate of drug-likeness (QED) is 0.918. The number of carbonyl (C=O) groups excluding carboxylic acids is 1. The van der Waals surface area contributed by atoms with Gasteiger partial charge in [0.25, 0.3) is 5.89 Å². The molecule has 0 spiro atoms. The van der Waals surface area contributed by atoms with Crippen molar-refractivity contribution in [2.45, 2.75) is 58.0 Å². The molecule has 8 nitrogen and oxygen atoms in total. The molecule has 8 heteroatoms. The minimum absolute atomic E-state index is 0.0287. The Morgan fingerprint density at radius 2 is 2.24 bits per heavy atom. The first-order valence-corrected chi connectivity index (χ1v) is 9.01. The van der Waals surface area contributed by atoms with E-state index in [4.69, 9.17) is 4.52 Å². The zero-order chi connectivity index (χ0) is 17.6. The third-order valence-corrected chi connectivity index (χ3v) is 5.10. The van der Waals surface area contributed by atoms with Gasteiger partial charge in [0.2, 0.25) is 0 Å². The monoisotopic (exact) mass is 344 g/mol. The Balaban J connectivity index is 1.59. The molecule has 4 rings (SSSR count). The van der Waals surface area contributed by atoms with Crippen LogP contribution in [0.2, 0.25) is 0 Å². The largest absolute Gasteiger partial charge is 0.336 e. The van der Waals surface area contributed by atoms with E-state index in [1.807, 2.05) is 23.6 Å². The molecular formula is C17H24N6O2. The van der Waals surface area contributed by atoms with Gasteiger partial charge < -0.3 is 14.7 Å². The normalized spacial score (nSPS) is 18.1. The van der Waals surface area contributed by atoms with Crippen LogP contribution in [0.15, 0.2) is 4.52 Å². The molecule has 0 bridgehead atoms. The molecule has 1 atom stereocenters. The molecule has 2 aromatic heterocycles. The summed E-state index contributed by atoms with van der Waals surface area (Å²) in [5.74, 6) is 1.68. The molecule has 0 saturated heterocycles. The highest BCUT2D eigenvalue weighted by atomic mass is 16.5. The number of aromatic nitrogens is 4. The van der Waals surface area contributed by atoms with Crippen LogP contribution in [0.1, 0.15) is 56.1 Å². The van der Waals surface area contributed by atoms with Gasteiger partial charge in [0.15, 0.2) is 11.5 Å². The van der Waals surface area contributed by atoms with E-state index in [0.717, 1.165) is 42.8 Å². The number of nitrogens with one attached hydrogen (secondary N) is 1. The highest BCUT2D eigenvalue weighted by Gasteiger charge is 2.32. The number of fused-ring (bicyclic) bond motifs is 1. The SMILES string of the molecule is CC[C@@H](C)NC(=O)N1CCc2c(c(-c3nc(C4CC4)no3)nn2C)C1. The summed E-state index contributed by atoms with van der Waals surface area (Å²) in [5, 5.41) is 11.7. The van der Waals surface area contributed by atoms with Gasteiger partial charge in [-0.2, -0.15) is 10.1 Å². The molecule has 0 unspecified atom stereocenters. The average molecular weight is 344 g/mol. The minimum Gasteiger partial charge on any atom is -0.336 e. The second-order valence-corrected chi connectivity index (χ2v) is 7.06. The van der Waals surface area contributed by atoms with Gasteiger partial charge in [-0.25, -0.2) is 4.79 Å². The van der Waals surface area contributed by atoms with E-state index in [1.54, 1.807) is 0 Å². The lowest BCUT2D eigenvalue weighted by Gasteiger charge is -2.28. The molecule has 3 heterocycles. The average Bonchev–Trinajstić information content (AvgIpc) is 3.26.